The molecule has 0 aromatic carbocycles. The summed E-state index contributed by atoms with van der Waals surface area (Å²) in [5.41, 5.74) is 1.22. The van der Waals surface area contributed by atoms with Crippen molar-refractivity contribution in [3.8, 4) is 0 Å². The van der Waals surface area contributed by atoms with Crippen LogP contribution in [0.2, 0.25) is 0 Å². The lowest BCUT2D eigenvalue weighted by molar-refractivity contribution is 0.137. The number of hydrogen-bond acceptors (Lipinski definition) is 3. The second-order valence-corrected chi connectivity index (χ2v) is 4.62. The Kier molecular flexibility index (Phi) is 3.03. The molecule has 0 saturated carbocycles. The number of aromatic nitrogens is 1. The van der Waals surface area contributed by atoms with E-state index in [0.717, 1.165) is 19.4 Å². The quantitative estimate of drug-likeness (QED) is 0.766. The molecule has 0 bridgehead atoms. The molecule has 1 aliphatic heterocycles. The van der Waals surface area contributed by atoms with E-state index < -0.39 is 0 Å². The number of rotatable bonds is 2. The van der Waals surface area contributed by atoms with Crippen LogP contribution in [0.1, 0.15) is 31.2 Å². The van der Waals surface area contributed by atoms with Crippen LogP contribution < -0.4 is 5.32 Å². The summed E-state index contributed by atoms with van der Waals surface area (Å²) in [6, 6.07) is 4.15. The zero-order valence-corrected chi connectivity index (χ0v) is 9.11. The van der Waals surface area contributed by atoms with Crippen molar-refractivity contribution in [3.63, 3.8) is 0 Å². The minimum Gasteiger partial charge on any atom is -0.394 e. The van der Waals surface area contributed by atoms with Crippen molar-refractivity contribution in [3.05, 3.63) is 30.1 Å². The van der Waals surface area contributed by atoms with Crippen molar-refractivity contribution >= 4 is 0 Å². The average Bonchev–Trinajstić information content (AvgIpc) is 2.30. The standard InChI is InChI=1S/C12H18N2O/c1-12(9-15)8-11(4-7-14-12)10-2-5-13-6-3-10/h2-3,5-6,11,14-15H,4,7-9H2,1H3. The number of pyridine rings is 1. The van der Waals surface area contributed by atoms with Crippen molar-refractivity contribution in [1.29, 1.82) is 0 Å². The van der Waals surface area contributed by atoms with Crippen LogP contribution in [-0.4, -0.2) is 28.8 Å². The van der Waals surface area contributed by atoms with Gasteiger partial charge in [0.25, 0.3) is 0 Å². The van der Waals surface area contributed by atoms with Crippen LogP contribution >= 0.6 is 0 Å². The first kappa shape index (κ1) is 10.6. The van der Waals surface area contributed by atoms with Gasteiger partial charge in [0, 0.05) is 17.9 Å². The summed E-state index contributed by atoms with van der Waals surface area (Å²) >= 11 is 0. The molecule has 1 aliphatic rings. The maximum Gasteiger partial charge on any atom is 0.0610 e. The highest BCUT2D eigenvalue weighted by molar-refractivity contribution is 5.18. The zero-order valence-electron chi connectivity index (χ0n) is 9.11. The molecule has 2 atom stereocenters. The van der Waals surface area contributed by atoms with Gasteiger partial charge in [-0.3, -0.25) is 4.98 Å². The molecule has 1 saturated heterocycles. The first-order valence-corrected chi connectivity index (χ1v) is 5.49. The molecular formula is C12H18N2O. The molecule has 15 heavy (non-hydrogen) atoms. The van der Waals surface area contributed by atoms with Gasteiger partial charge in [0.1, 0.15) is 0 Å². The summed E-state index contributed by atoms with van der Waals surface area (Å²) in [6.07, 6.45) is 5.81. The van der Waals surface area contributed by atoms with Crippen LogP contribution in [0.5, 0.6) is 0 Å². The van der Waals surface area contributed by atoms with E-state index >= 15 is 0 Å². The lowest BCUT2D eigenvalue weighted by Gasteiger charge is -2.38. The average molecular weight is 206 g/mol. The topological polar surface area (TPSA) is 45.2 Å². The molecular weight excluding hydrogens is 188 g/mol. The van der Waals surface area contributed by atoms with E-state index in [4.69, 9.17) is 0 Å². The lowest BCUT2D eigenvalue weighted by atomic mass is 9.80. The van der Waals surface area contributed by atoms with Gasteiger partial charge < -0.3 is 10.4 Å². The molecule has 0 radical (unpaired) electrons. The highest BCUT2D eigenvalue weighted by Gasteiger charge is 2.31. The summed E-state index contributed by atoms with van der Waals surface area (Å²) in [5.74, 6) is 0.548. The number of aliphatic hydroxyl groups excluding tert-OH is 1. The van der Waals surface area contributed by atoms with Crippen LogP contribution in [0.4, 0.5) is 0 Å². The monoisotopic (exact) mass is 206 g/mol. The minimum absolute atomic E-state index is 0.119. The molecule has 2 heterocycles. The van der Waals surface area contributed by atoms with Crippen LogP contribution in [0.3, 0.4) is 0 Å². The molecule has 0 amide bonds. The maximum atomic E-state index is 9.34. The summed E-state index contributed by atoms with van der Waals surface area (Å²) < 4.78 is 0. The van der Waals surface area contributed by atoms with Crippen LogP contribution in [-0.2, 0) is 0 Å². The van der Waals surface area contributed by atoms with E-state index in [9.17, 15) is 5.11 Å². The van der Waals surface area contributed by atoms with Crippen molar-refractivity contribution in [2.75, 3.05) is 13.2 Å². The lowest BCUT2D eigenvalue weighted by Crippen LogP contribution is -2.50. The molecule has 2 N–H and O–H groups in total. The van der Waals surface area contributed by atoms with E-state index in [2.05, 4.69) is 29.4 Å². The molecule has 2 unspecified atom stereocenters. The Morgan fingerprint density at radius 3 is 2.93 bits per heavy atom. The summed E-state index contributed by atoms with van der Waals surface area (Å²) in [4.78, 5) is 4.03. The van der Waals surface area contributed by atoms with Crippen molar-refractivity contribution < 1.29 is 5.11 Å². The SMILES string of the molecule is CC1(CO)CC(c2ccncc2)CCN1. The Balaban J connectivity index is 2.11. The summed E-state index contributed by atoms with van der Waals surface area (Å²) in [7, 11) is 0. The van der Waals surface area contributed by atoms with Gasteiger partial charge in [0.05, 0.1) is 6.61 Å². The van der Waals surface area contributed by atoms with Gasteiger partial charge in [0.2, 0.25) is 0 Å². The molecule has 1 aromatic heterocycles. The van der Waals surface area contributed by atoms with Gasteiger partial charge in [-0.05, 0) is 49.9 Å². The fourth-order valence-corrected chi connectivity index (χ4v) is 2.31. The van der Waals surface area contributed by atoms with E-state index in [0.29, 0.717) is 5.92 Å². The first-order chi connectivity index (χ1) is 7.23. The molecule has 3 nitrogen and oxygen atoms in total. The smallest absolute Gasteiger partial charge is 0.0610 e. The molecule has 3 heteroatoms. The van der Waals surface area contributed by atoms with E-state index in [1.165, 1.54) is 5.56 Å². The Labute approximate surface area is 90.5 Å². The van der Waals surface area contributed by atoms with Gasteiger partial charge in [0.15, 0.2) is 0 Å². The number of piperidine rings is 1. The summed E-state index contributed by atoms with van der Waals surface area (Å²) in [5, 5.41) is 12.7. The van der Waals surface area contributed by atoms with Crippen molar-refractivity contribution in [2.24, 2.45) is 0 Å². The Morgan fingerprint density at radius 1 is 1.53 bits per heavy atom. The normalized spacial score (nSPS) is 31.5. The third kappa shape index (κ3) is 2.36. The van der Waals surface area contributed by atoms with Crippen LogP contribution in [0.25, 0.3) is 0 Å². The van der Waals surface area contributed by atoms with Gasteiger partial charge in [-0.25, -0.2) is 0 Å². The largest absolute Gasteiger partial charge is 0.394 e. The molecule has 2 rings (SSSR count). The van der Waals surface area contributed by atoms with Crippen molar-refractivity contribution in [1.82, 2.24) is 10.3 Å². The van der Waals surface area contributed by atoms with Gasteiger partial charge in [-0.2, -0.15) is 0 Å². The van der Waals surface area contributed by atoms with Crippen LogP contribution in [0.15, 0.2) is 24.5 Å². The first-order valence-electron chi connectivity index (χ1n) is 5.49. The predicted molar refractivity (Wildman–Crippen MR) is 59.7 cm³/mol. The molecule has 82 valence electrons. The number of nitrogens with one attached hydrogen (secondary N) is 1. The highest BCUT2D eigenvalue weighted by atomic mass is 16.3. The summed E-state index contributed by atoms with van der Waals surface area (Å²) in [6.45, 7) is 3.26. The highest BCUT2D eigenvalue weighted by Crippen LogP contribution is 2.31. The van der Waals surface area contributed by atoms with Gasteiger partial charge in [-0.1, -0.05) is 0 Å². The van der Waals surface area contributed by atoms with Crippen LogP contribution in [0, 0.1) is 0 Å². The molecule has 0 aliphatic carbocycles. The Morgan fingerprint density at radius 2 is 2.27 bits per heavy atom. The van der Waals surface area contributed by atoms with E-state index in [1.807, 2.05) is 12.4 Å². The third-order valence-electron chi connectivity index (χ3n) is 3.27. The van der Waals surface area contributed by atoms with Gasteiger partial charge in [-0.15, -0.1) is 0 Å². The zero-order chi connectivity index (χ0) is 10.7. The fraction of sp³-hybridized carbons (Fsp3) is 0.583. The van der Waals surface area contributed by atoms with Gasteiger partial charge >= 0.3 is 0 Å². The second kappa shape index (κ2) is 4.29. The Hall–Kier alpha value is -0.930. The fourth-order valence-electron chi connectivity index (χ4n) is 2.31. The molecule has 1 aromatic rings. The number of nitrogens with zero attached hydrogens (tertiary/aromatic N) is 1. The Bertz CT molecular complexity index is 315. The van der Waals surface area contributed by atoms with E-state index in [-0.39, 0.29) is 12.1 Å². The predicted octanol–water partition coefficient (Wildman–Crippen LogP) is 1.30. The molecule has 0 spiro atoms. The maximum absolute atomic E-state index is 9.34. The number of aliphatic hydroxyl groups is 1. The van der Waals surface area contributed by atoms with Crippen molar-refractivity contribution in [2.45, 2.75) is 31.2 Å². The minimum atomic E-state index is -0.119. The molecule has 1 fully saturated rings. The third-order valence-corrected chi connectivity index (χ3v) is 3.27. The second-order valence-electron chi connectivity index (χ2n) is 4.62. The number of hydrogen-bond donors (Lipinski definition) is 2. The van der Waals surface area contributed by atoms with E-state index in [1.54, 1.807) is 0 Å².